The molecule has 0 saturated heterocycles. The molecule has 2 aromatic rings. The van der Waals surface area contributed by atoms with Gasteiger partial charge in [-0.05, 0) is 35.7 Å². The van der Waals surface area contributed by atoms with E-state index in [1.54, 1.807) is 23.5 Å². The number of nitrogen functional groups attached to an aromatic ring is 1. The number of thiophene rings is 1. The van der Waals surface area contributed by atoms with Crippen LogP contribution >= 0.6 is 11.3 Å². The van der Waals surface area contributed by atoms with Crippen molar-refractivity contribution in [3.8, 4) is 5.75 Å². The lowest BCUT2D eigenvalue weighted by Gasteiger charge is -2.05. The summed E-state index contributed by atoms with van der Waals surface area (Å²) < 4.78 is 5.61. The summed E-state index contributed by atoms with van der Waals surface area (Å²) in [5, 5.41) is 9.34. The number of benzene rings is 1. The van der Waals surface area contributed by atoms with Crippen LogP contribution < -0.4 is 10.5 Å². The van der Waals surface area contributed by atoms with Gasteiger partial charge in [-0.25, -0.2) is 0 Å². The smallest absolute Gasteiger partial charge is 0.122 e. The number of hydrogen-bond donors (Lipinski definition) is 2. The molecule has 17 heavy (non-hydrogen) atoms. The Balaban J connectivity index is 1.85. The van der Waals surface area contributed by atoms with Gasteiger partial charge in [0.15, 0.2) is 0 Å². The zero-order chi connectivity index (χ0) is 12.1. The summed E-state index contributed by atoms with van der Waals surface area (Å²) >= 11 is 1.74. The molecule has 3 nitrogen and oxygen atoms in total. The lowest BCUT2D eigenvalue weighted by molar-refractivity contribution is 0.323. The van der Waals surface area contributed by atoms with Gasteiger partial charge in [-0.3, -0.25) is 5.41 Å². The van der Waals surface area contributed by atoms with E-state index in [9.17, 15) is 0 Å². The molecule has 0 unspecified atom stereocenters. The van der Waals surface area contributed by atoms with Gasteiger partial charge in [0.2, 0.25) is 0 Å². The molecule has 1 aromatic heterocycles. The summed E-state index contributed by atoms with van der Waals surface area (Å²) in [6.07, 6.45) is 0.923. The lowest BCUT2D eigenvalue weighted by atomic mass is 10.2. The third kappa shape index (κ3) is 3.32. The van der Waals surface area contributed by atoms with Crippen molar-refractivity contribution in [3.05, 3.63) is 52.2 Å². The summed E-state index contributed by atoms with van der Waals surface area (Å²) in [4.78, 5) is 1.32. The van der Waals surface area contributed by atoms with Crippen molar-refractivity contribution in [3.63, 3.8) is 0 Å². The van der Waals surface area contributed by atoms with Crippen LogP contribution in [0.1, 0.15) is 10.4 Å². The molecule has 88 valence electrons. The van der Waals surface area contributed by atoms with E-state index >= 15 is 0 Å². The molecule has 0 radical (unpaired) electrons. The molecule has 0 spiro atoms. The highest BCUT2D eigenvalue weighted by atomic mass is 32.1. The average Bonchev–Trinajstić information content (AvgIpc) is 2.83. The van der Waals surface area contributed by atoms with Crippen LogP contribution in [0.3, 0.4) is 0 Å². The molecule has 2 rings (SSSR count). The summed E-state index contributed by atoms with van der Waals surface area (Å²) in [7, 11) is 0. The summed E-state index contributed by atoms with van der Waals surface area (Å²) in [5.41, 5.74) is 6.09. The van der Waals surface area contributed by atoms with Gasteiger partial charge in [-0.2, -0.15) is 0 Å². The van der Waals surface area contributed by atoms with Gasteiger partial charge >= 0.3 is 0 Å². The average molecular weight is 246 g/mol. The second-order valence-corrected chi connectivity index (χ2v) is 4.65. The molecule has 0 aliphatic heterocycles. The van der Waals surface area contributed by atoms with Crippen LogP contribution in [0.4, 0.5) is 0 Å². The van der Waals surface area contributed by atoms with E-state index in [0.29, 0.717) is 6.61 Å². The maximum absolute atomic E-state index is 7.28. The molecular formula is C13H14N2OS. The predicted octanol–water partition coefficient (Wildman–Crippen LogP) is 2.65. The Morgan fingerprint density at radius 1 is 1.24 bits per heavy atom. The van der Waals surface area contributed by atoms with Gasteiger partial charge in [0.05, 0.1) is 6.61 Å². The van der Waals surface area contributed by atoms with Crippen molar-refractivity contribution in [2.75, 3.05) is 6.61 Å². The fourth-order valence-corrected chi connectivity index (χ4v) is 2.15. The van der Waals surface area contributed by atoms with E-state index in [4.69, 9.17) is 15.9 Å². The fraction of sp³-hybridized carbons (Fsp3) is 0.154. The number of hydrogen-bond acceptors (Lipinski definition) is 3. The van der Waals surface area contributed by atoms with Crippen LogP contribution in [0.5, 0.6) is 5.75 Å². The van der Waals surface area contributed by atoms with Crippen LogP contribution in [0.25, 0.3) is 0 Å². The van der Waals surface area contributed by atoms with Gasteiger partial charge in [-0.1, -0.05) is 6.07 Å². The van der Waals surface area contributed by atoms with Crippen molar-refractivity contribution in [1.82, 2.24) is 0 Å². The van der Waals surface area contributed by atoms with Gasteiger partial charge in [-0.15, -0.1) is 11.3 Å². The van der Waals surface area contributed by atoms with Crippen LogP contribution in [0.15, 0.2) is 41.8 Å². The molecule has 3 N–H and O–H groups in total. The topological polar surface area (TPSA) is 59.1 Å². The SMILES string of the molecule is N=C(N)c1ccc(OCCc2cccs2)cc1. The Kier molecular flexibility index (Phi) is 3.77. The Labute approximate surface area is 104 Å². The molecule has 0 aliphatic rings. The molecule has 0 fully saturated rings. The Morgan fingerprint density at radius 2 is 2.00 bits per heavy atom. The van der Waals surface area contributed by atoms with Crippen molar-refractivity contribution in [2.24, 2.45) is 5.73 Å². The zero-order valence-electron chi connectivity index (χ0n) is 9.35. The monoisotopic (exact) mass is 246 g/mol. The van der Waals surface area contributed by atoms with Crippen LogP contribution in [0, 0.1) is 5.41 Å². The minimum absolute atomic E-state index is 0.0788. The molecular weight excluding hydrogens is 232 g/mol. The van der Waals surface area contributed by atoms with Crippen LogP contribution in [0.2, 0.25) is 0 Å². The maximum Gasteiger partial charge on any atom is 0.122 e. The molecule has 0 saturated carbocycles. The van der Waals surface area contributed by atoms with E-state index in [2.05, 4.69) is 11.4 Å². The van der Waals surface area contributed by atoms with E-state index in [1.165, 1.54) is 4.88 Å². The highest BCUT2D eigenvalue weighted by Gasteiger charge is 1.98. The minimum Gasteiger partial charge on any atom is -0.493 e. The first-order valence-electron chi connectivity index (χ1n) is 5.35. The first-order valence-corrected chi connectivity index (χ1v) is 6.23. The molecule has 4 heteroatoms. The standard InChI is InChI=1S/C13H14N2OS/c14-13(15)10-3-5-11(6-4-10)16-8-7-12-2-1-9-17-12/h1-6,9H,7-8H2,(H3,14,15). The molecule has 0 aliphatic carbocycles. The first-order chi connectivity index (χ1) is 8.25. The Morgan fingerprint density at radius 3 is 2.59 bits per heavy atom. The normalized spacial score (nSPS) is 10.1. The van der Waals surface area contributed by atoms with Crippen molar-refractivity contribution in [2.45, 2.75) is 6.42 Å². The van der Waals surface area contributed by atoms with Crippen molar-refractivity contribution in [1.29, 1.82) is 5.41 Å². The summed E-state index contributed by atoms with van der Waals surface area (Å²) in [6.45, 7) is 0.667. The zero-order valence-corrected chi connectivity index (χ0v) is 10.2. The highest BCUT2D eigenvalue weighted by Crippen LogP contribution is 2.14. The van der Waals surface area contributed by atoms with Crippen molar-refractivity contribution >= 4 is 17.2 Å². The number of ether oxygens (including phenoxy) is 1. The molecule has 0 amide bonds. The number of nitrogens with two attached hydrogens (primary N) is 1. The minimum atomic E-state index is 0.0788. The Hall–Kier alpha value is -1.81. The third-order valence-corrected chi connectivity index (χ3v) is 3.30. The summed E-state index contributed by atoms with van der Waals surface area (Å²) in [5.74, 6) is 0.890. The van der Waals surface area contributed by atoms with E-state index in [1.807, 2.05) is 18.2 Å². The van der Waals surface area contributed by atoms with Crippen LogP contribution in [-0.2, 0) is 6.42 Å². The largest absolute Gasteiger partial charge is 0.493 e. The third-order valence-electron chi connectivity index (χ3n) is 2.36. The predicted molar refractivity (Wildman–Crippen MR) is 71.0 cm³/mol. The van der Waals surface area contributed by atoms with Gasteiger partial charge in [0.1, 0.15) is 11.6 Å². The van der Waals surface area contributed by atoms with Gasteiger partial charge in [0.25, 0.3) is 0 Å². The molecule has 0 atom stereocenters. The second-order valence-electron chi connectivity index (χ2n) is 3.62. The van der Waals surface area contributed by atoms with E-state index < -0.39 is 0 Å². The molecule has 1 aromatic carbocycles. The molecule has 0 bridgehead atoms. The van der Waals surface area contributed by atoms with Crippen LogP contribution in [-0.4, -0.2) is 12.4 Å². The number of nitrogens with one attached hydrogen (secondary N) is 1. The van der Waals surface area contributed by atoms with Crippen molar-refractivity contribution < 1.29 is 4.74 Å². The maximum atomic E-state index is 7.28. The van der Waals surface area contributed by atoms with E-state index in [0.717, 1.165) is 17.7 Å². The fourth-order valence-electron chi connectivity index (χ4n) is 1.46. The van der Waals surface area contributed by atoms with Gasteiger partial charge in [0, 0.05) is 16.9 Å². The summed E-state index contributed by atoms with van der Waals surface area (Å²) in [6, 6.07) is 11.4. The van der Waals surface area contributed by atoms with Gasteiger partial charge < -0.3 is 10.5 Å². The van der Waals surface area contributed by atoms with E-state index in [-0.39, 0.29) is 5.84 Å². The number of amidine groups is 1. The Bertz CT molecular complexity index is 477. The lowest BCUT2D eigenvalue weighted by Crippen LogP contribution is -2.10. The second kappa shape index (κ2) is 5.50. The first kappa shape index (κ1) is 11.7. The quantitative estimate of drug-likeness (QED) is 0.629. The highest BCUT2D eigenvalue weighted by molar-refractivity contribution is 7.09. The number of rotatable bonds is 5. The molecule has 1 heterocycles.